The quantitative estimate of drug-likeness (QED) is 0.588. The van der Waals surface area contributed by atoms with Gasteiger partial charge in [0.25, 0.3) is 0 Å². The lowest BCUT2D eigenvalue weighted by atomic mass is 10.4. The van der Waals surface area contributed by atoms with Crippen LogP contribution in [0.2, 0.25) is 0 Å². The molecule has 1 aliphatic rings. The number of hydrogen-bond acceptors (Lipinski definition) is 1. The zero-order valence-corrected chi connectivity index (χ0v) is 6.96. The molecule has 0 aliphatic heterocycles. The minimum atomic E-state index is -0.827. The van der Waals surface area contributed by atoms with E-state index in [1.165, 1.54) is 18.9 Å². The Morgan fingerprint density at radius 2 is 2.22 bits per heavy atom. The van der Waals surface area contributed by atoms with E-state index in [-0.39, 0.29) is 0 Å². The molecule has 9 heavy (non-hydrogen) atoms. The second kappa shape index (κ2) is 2.68. The van der Waals surface area contributed by atoms with Crippen LogP contribution in [0, 0.1) is 5.92 Å². The Morgan fingerprint density at radius 3 is 2.56 bits per heavy atom. The summed E-state index contributed by atoms with van der Waals surface area (Å²) in [5.41, 5.74) is 0. The van der Waals surface area contributed by atoms with Gasteiger partial charge in [0.15, 0.2) is 0 Å². The van der Waals surface area contributed by atoms with Crippen molar-refractivity contribution in [3.8, 4) is 0 Å². The van der Waals surface area contributed by atoms with Crippen LogP contribution in [0.4, 0.5) is 0 Å². The molecule has 3 heteroatoms. The van der Waals surface area contributed by atoms with Crippen molar-refractivity contribution < 1.29 is 9.90 Å². The molecular weight excluding hydrogens is 231 g/mol. The Labute approximate surface area is 67.1 Å². The van der Waals surface area contributed by atoms with Gasteiger partial charge in [-0.15, -0.1) is 0 Å². The van der Waals surface area contributed by atoms with Gasteiger partial charge in [-0.05, 0) is 41.4 Å². The number of hydrogen-bond donors (Lipinski definition) is 1. The maximum absolute atomic E-state index is 10.1. The number of carboxylic acids is 1. The first-order chi connectivity index (χ1) is 4.20. The molecule has 0 aromatic rings. The monoisotopic (exact) mass is 238 g/mol. The average molecular weight is 238 g/mol. The SMILES string of the molecule is O=C(O)C=C(I)C1CC1. The first kappa shape index (κ1) is 7.05. The Bertz CT molecular complexity index is 158. The van der Waals surface area contributed by atoms with Crippen molar-refractivity contribution in [3.05, 3.63) is 9.66 Å². The van der Waals surface area contributed by atoms with Crippen LogP contribution in [0.15, 0.2) is 9.66 Å². The molecule has 0 heterocycles. The molecular formula is C6H7IO2. The Hall–Kier alpha value is -0.0600. The second-order valence-corrected chi connectivity index (χ2v) is 3.39. The summed E-state index contributed by atoms with van der Waals surface area (Å²) in [5, 5.41) is 8.28. The van der Waals surface area contributed by atoms with Crippen molar-refractivity contribution in [1.82, 2.24) is 0 Å². The fourth-order valence-electron chi connectivity index (χ4n) is 0.595. The molecule has 0 bridgehead atoms. The predicted octanol–water partition coefficient (Wildman–Crippen LogP) is 1.80. The summed E-state index contributed by atoms with van der Waals surface area (Å²) < 4.78 is 0.986. The Morgan fingerprint density at radius 1 is 1.67 bits per heavy atom. The van der Waals surface area contributed by atoms with E-state index in [2.05, 4.69) is 22.6 Å². The first-order valence-corrected chi connectivity index (χ1v) is 3.88. The van der Waals surface area contributed by atoms with Gasteiger partial charge in [0.05, 0.1) is 0 Å². The van der Waals surface area contributed by atoms with Crippen molar-refractivity contribution in [2.45, 2.75) is 12.8 Å². The number of allylic oxidation sites excluding steroid dienone is 1. The largest absolute Gasteiger partial charge is 0.478 e. The van der Waals surface area contributed by atoms with E-state index in [1.807, 2.05) is 0 Å². The molecule has 0 saturated heterocycles. The van der Waals surface area contributed by atoms with Crippen LogP contribution in [0.25, 0.3) is 0 Å². The fourth-order valence-corrected chi connectivity index (χ4v) is 1.48. The zero-order chi connectivity index (χ0) is 6.85. The number of carbonyl (C=O) groups is 1. The third-order valence-corrected chi connectivity index (χ3v) is 2.42. The summed E-state index contributed by atoms with van der Waals surface area (Å²) in [4.78, 5) is 10.1. The molecule has 50 valence electrons. The highest BCUT2D eigenvalue weighted by molar-refractivity contribution is 14.1. The molecule has 1 fully saturated rings. The molecule has 1 aliphatic carbocycles. The third-order valence-electron chi connectivity index (χ3n) is 1.23. The van der Waals surface area contributed by atoms with Gasteiger partial charge in [0.1, 0.15) is 0 Å². The van der Waals surface area contributed by atoms with Crippen LogP contribution in [-0.2, 0) is 4.79 Å². The van der Waals surface area contributed by atoms with E-state index in [0.29, 0.717) is 5.92 Å². The molecule has 1 N–H and O–H groups in total. The molecule has 2 nitrogen and oxygen atoms in total. The number of aliphatic carboxylic acids is 1. The number of rotatable bonds is 2. The van der Waals surface area contributed by atoms with E-state index in [9.17, 15) is 4.79 Å². The van der Waals surface area contributed by atoms with Crippen LogP contribution in [-0.4, -0.2) is 11.1 Å². The highest BCUT2D eigenvalue weighted by atomic mass is 127. The molecule has 1 saturated carbocycles. The summed E-state index contributed by atoms with van der Waals surface area (Å²) in [6.07, 6.45) is 3.63. The van der Waals surface area contributed by atoms with Crippen molar-refractivity contribution in [2.75, 3.05) is 0 Å². The van der Waals surface area contributed by atoms with Gasteiger partial charge < -0.3 is 5.11 Å². The minimum Gasteiger partial charge on any atom is -0.478 e. The van der Waals surface area contributed by atoms with Crippen molar-refractivity contribution in [1.29, 1.82) is 0 Å². The van der Waals surface area contributed by atoms with Crippen molar-refractivity contribution in [3.63, 3.8) is 0 Å². The minimum absolute atomic E-state index is 0.571. The topological polar surface area (TPSA) is 37.3 Å². The molecule has 0 unspecified atom stereocenters. The van der Waals surface area contributed by atoms with E-state index in [0.717, 1.165) is 3.58 Å². The van der Waals surface area contributed by atoms with Gasteiger partial charge in [0.2, 0.25) is 0 Å². The summed E-state index contributed by atoms with van der Waals surface area (Å²) in [6.45, 7) is 0. The van der Waals surface area contributed by atoms with Gasteiger partial charge in [-0.25, -0.2) is 4.79 Å². The maximum Gasteiger partial charge on any atom is 0.329 e. The lowest BCUT2D eigenvalue weighted by Crippen LogP contribution is -1.88. The van der Waals surface area contributed by atoms with Crippen LogP contribution in [0.3, 0.4) is 0 Å². The lowest BCUT2D eigenvalue weighted by Gasteiger charge is -1.88. The van der Waals surface area contributed by atoms with Gasteiger partial charge in [-0.3, -0.25) is 0 Å². The summed E-state index contributed by atoms with van der Waals surface area (Å²) in [6, 6.07) is 0. The van der Waals surface area contributed by atoms with Crippen LogP contribution in [0.5, 0.6) is 0 Å². The predicted molar refractivity (Wildman–Crippen MR) is 42.5 cm³/mol. The van der Waals surface area contributed by atoms with Gasteiger partial charge >= 0.3 is 5.97 Å². The molecule has 0 atom stereocenters. The van der Waals surface area contributed by atoms with E-state index in [1.54, 1.807) is 0 Å². The highest BCUT2D eigenvalue weighted by Crippen LogP contribution is 2.39. The van der Waals surface area contributed by atoms with Crippen LogP contribution < -0.4 is 0 Å². The van der Waals surface area contributed by atoms with E-state index < -0.39 is 5.97 Å². The lowest BCUT2D eigenvalue weighted by molar-refractivity contribution is -0.131. The average Bonchev–Trinajstić information content (AvgIpc) is 2.40. The van der Waals surface area contributed by atoms with Crippen LogP contribution in [0.1, 0.15) is 12.8 Å². The van der Waals surface area contributed by atoms with Gasteiger partial charge in [-0.2, -0.15) is 0 Å². The zero-order valence-electron chi connectivity index (χ0n) is 4.80. The smallest absolute Gasteiger partial charge is 0.329 e. The fraction of sp³-hybridized carbons (Fsp3) is 0.500. The molecule has 0 spiro atoms. The van der Waals surface area contributed by atoms with Gasteiger partial charge in [-0.1, -0.05) is 0 Å². The first-order valence-electron chi connectivity index (χ1n) is 2.80. The summed E-state index contributed by atoms with van der Waals surface area (Å²) in [5.74, 6) is -0.256. The normalized spacial score (nSPS) is 19.9. The molecule has 0 radical (unpaired) electrons. The highest BCUT2D eigenvalue weighted by Gasteiger charge is 2.24. The van der Waals surface area contributed by atoms with Crippen molar-refractivity contribution >= 4 is 28.6 Å². The second-order valence-electron chi connectivity index (χ2n) is 2.14. The summed E-state index contributed by atoms with van der Waals surface area (Å²) in [7, 11) is 0. The van der Waals surface area contributed by atoms with Crippen molar-refractivity contribution in [2.24, 2.45) is 5.92 Å². The number of halogens is 1. The van der Waals surface area contributed by atoms with Crippen LogP contribution >= 0.6 is 22.6 Å². The van der Waals surface area contributed by atoms with E-state index >= 15 is 0 Å². The Kier molecular flexibility index (Phi) is 2.10. The van der Waals surface area contributed by atoms with E-state index in [4.69, 9.17) is 5.11 Å². The molecule has 0 aromatic heterocycles. The number of carboxylic acid groups (broad SMARTS) is 1. The molecule has 0 amide bonds. The third kappa shape index (κ3) is 2.34. The standard InChI is InChI=1S/C6H7IO2/c7-5(3-6(8)9)4-1-2-4/h3-4H,1-2H2,(H,8,9). The molecule has 1 rings (SSSR count). The Balaban J connectivity index is 2.47. The molecule has 0 aromatic carbocycles. The summed E-state index contributed by atoms with van der Waals surface area (Å²) >= 11 is 2.09. The van der Waals surface area contributed by atoms with Gasteiger partial charge in [0, 0.05) is 9.66 Å². The maximum atomic E-state index is 10.1.